The number of nitrogens with zero attached hydrogens (tertiary/aromatic N) is 1. The topological polar surface area (TPSA) is 12.9 Å². The number of aromatic nitrogens is 1. The van der Waals surface area contributed by atoms with Crippen LogP contribution in [0.4, 0.5) is 0 Å². The second kappa shape index (κ2) is 4.30. The van der Waals surface area contributed by atoms with Gasteiger partial charge in [-0.05, 0) is 11.6 Å². The van der Waals surface area contributed by atoms with E-state index in [1.54, 1.807) is 17.5 Å². The Bertz CT molecular complexity index is 426. The van der Waals surface area contributed by atoms with E-state index >= 15 is 0 Å². The lowest BCUT2D eigenvalue weighted by Gasteiger charge is -2.02. The van der Waals surface area contributed by atoms with Gasteiger partial charge in [0.2, 0.25) is 0 Å². The van der Waals surface area contributed by atoms with Crippen molar-refractivity contribution in [2.24, 2.45) is 0 Å². The molecule has 0 radical (unpaired) electrons. The third-order valence-corrected chi connectivity index (χ3v) is 3.28. The molecule has 0 bridgehead atoms. The number of alkyl halides is 1. The molecular formula is C10H7Cl2NS. The Hall–Kier alpha value is -0.570. The lowest BCUT2D eigenvalue weighted by Crippen LogP contribution is -1.81. The highest BCUT2D eigenvalue weighted by Gasteiger charge is 2.05. The Morgan fingerprint density at radius 3 is 2.79 bits per heavy atom. The second-order valence-corrected chi connectivity index (χ2v) is 4.35. The summed E-state index contributed by atoms with van der Waals surface area (Å²) in [5.41, 5.74) is 1.99. The minimum absolute atomic E-state index is 0.484. The van der Waals surface area contributed by atoms with Crippen LogP contribution in [0.5, 0.6) is 0 Å². The fraction of sp³-hybridized carbons (Fsp3) is 0.100. The third-order valence-electron chi connectivity index (χ3n) is 1.85. The van der Waals surface area contributed by atoms with Crippen LogP contribution in [0.25, 0.3) is 10.6 Å². The van der Waals surface area contributed by atoms with Crippen molar-refractivity contribution in [3.8, 4) is 10.6 Å². The van der Waals surface area contributed by atoms with E-state index in [-0.39, 0.29) is 0 Å². The highest BCUT2D eigenvalue weighted by Crippen LogP contribution is 2.30. The van der Waals surface area contributed by atoms with Crippen LogP contribution in [0, 0.1) is 0 Å². The molecule has 1 heterocycles. The molecule has 1 nitrogen and oxygen atoms in total. The van der Waals surface area contributed by atoms with Crippen LogP contribution < -0.4 is 0 Å². The summed E-state index contributed by atoms with van der Waals surface area (Å²) in [5.74, 6) is 0.484. The van der Waals surface area contributed by atoms with Crippen molar-refractivity contribution >= 4 is 34.5 Å². The van der Waals surface area contributed by atoms with Gasteiger partial charge >= 0.3 is 0 Å². The van der Waals surface area contributed by atoms with Gasteiger partial charge in [-0.1, -0.05) is 23.7 Å². The molecule has 14 heavy (non-hydrogen) atoms. The molecule has 0 aliphatic carbocycles. The average Bonchev–Trinajstić information content (AvgIpc) is 2.70. The Balaban J connectivity index is 2.46. The zero-order valence-electron chi connectivity index (χ0n) is 7.21. The Labute approximate surface area is 96.3 Å². The molecule has 0 spiro atoms. The van der Waals surface area contributed by atoms with E-state index in [2.05, 4.69) is 4.98 Å². The first-order valence-electron chi connectivity index (χ1n) is 4.05. The van der Waals surface area contributed by atoms with Crippen LogP contribution in [0.2, 0.25) is 5.02 Å². The highest BCUT2D eigenvalue weighted by atomic mass is 35.5. The monoisotopic (exact) mass is 243 g/mol. The van der Waals surface area contributed by atoms with Crippen LogP contribution in [0.15, 0.2) is 29.8 Å². The maximum atomic E-state index is 6.11. The zero-order valence-corrected chi connectivity index (χ0v) is 9.53. The standard InChI is InChI=1S/C10H7Cl2NS/c11-6-7-1-2-8(9(12)5-7)10-13-3-4-14-10/h1-5H,6H2. The lowest BCUT2D eigenvalue weighted by molar-refractivity contribution is 1.38. The average molecular weight is 244 g/mol. The van der Waals surface area contributed by atoms with Gasteiger partial charge in [0.15, 0.2) is 0 Å². The van der Waals surface area contributed by atoms with Crippen molar-refractivity contribution < 1.29 is 0 Å². The molecule has 0 aliphatic heterocycles. The predicted octanol–water partition coefficient (Wildman–Crippen LogP) is 4.20. The van der Waals surface area contributed by atoms with Gasteiger partial charge in [0.05, 0.1) is 5.02 Å². The van der Waals surface area contributed by atoms with Crippen LogP contribution in [0.1, 0.15) is 5.56 Å². The van der Waals surface area contributed by atoms with Gasteiger partial charge in [0.25, 0.3) is 0 Å². The third kappa shape index (κ3) is 1.92. The number of hydrogen-bond acceptors (Lipinski definition) is 2. The molecule has 0 saturated carbocycles. The van der Waals surface area contributed by atoms with Crippen LogP contribution in [-0.2, 0) is 5.88 Å². The summed E-state index contributed by atoms with van der Waals surface area (Å²) < 4.78 is 0. The van der Waals surface area contributed by atoms with Gasteiger partial charge in [-0.15, -0.1) is 22.9 Å². The first-order chi connectivity index (χ1) is 6.81. The second-order valence-electron chi connectivity index (χ2n) is 2.79. The maximum Gasteiger partial charge on any atom is 0.124 e. The van der Waals surface area contributed by atoms with E-state index in [1.165, 1.54) is 0 Å². The zero-order chi connectivity index (χ0) is 9.97. The van der Waals surface area contributed by atoms with E-state index in [9.17, 15) is 0 Å². The van der Waals surface area contributed by atoms with E-state index in [4.69, 9.17) is 23.2 Å². The predicted molar refractivity (Wildman–Crippen MR) is 62.1 cm³/mol. The minimum atomic E-state index is 0.484. The maximum absolute atomic E-state index is 6.11. The van der Waals surface area contributed by atoms with Crippen LogP contribution >= 0.6 is 34.5 Å². The molecule has 0 atom stereocenters. The van der Waals surface area contributed by atoms with Crippen LogP contribution in [-0.4, -0.2) is 4.98 Å². The van der Waals surface area contributed by atoms with Crippen molar-refractivity contribution in [2.75, 3.05) is 0 Å². The van der Waals surface area contributed by atoms with Gasteiger partial charge in [0, 0.05) is 23.0 Å². The molecule has 0 unspecified atom stereocenters. The Morgan fingerprint density at radius 1 is 1.36 bits per heavy atom. The molecule has 1 aromatic carbocycles. The Kier molecular flexibility index (Phi) is 3.06. The SMILES string of the molecule is ClCc1ccc(-c2nccs2)c(Cl)c1. The van der Waals surface area contributed by atoms with E-state index in [0.717, 1.165) is 16.1 Å². The molecule has 0 aliphatic rings. The summed E-state index contributed by atoms with van der Waals surface area (Å²) in [6.45, 7) is 0. The summed E-state index contributed by atoms with van der Waals surface area (Å²) >= 11 is 13.4. The van der Waals surface area contributed by atoms with Gasteiger partial charge in [-0.2, -0.15) is 0 Å². The molecule has 0 saturated heterocycles. The fourth-order valence-corrected chi connectivity index (χ4v) is 2.36. The number of benzene rings is 1. The van der Waals surface area contributed by atoms with Crippen molar-refractivity contribution in [1.82, 2.24) is 4.98 Å². The Morgan fingerprint density at radius 2 is 2.21 bits per heavy atom. The quantitative estimate of drug-likeness (QED) is 0.721. The molecule has 0 N–H and O–H groups in total. The number of hydrogen-bond donors (Lipinski definition) is 0. The first-order valence-corrected chi connectivity index (χ1v) is 5.84. The molecule has 72 valence electrons. The van der Waals surface area contributed by atoms with Gasteiger partial charge in [0.1, 0.15) is 5.01 Å². The van der Waals surface area contributed by atoms with E-state index < -0.39 is 0 Å². The summed E-state index contributed by atoms with van der Waals surface area (Å²) in [5, 5.41) is 3.58. The van der Waals surface area contributed by atoms with Gasteiger partial charge < -0.3 is 0 Å². The molecule has 4 heteroatoms. The van der Waals surface area contributed by atoms with Crippen molar-refractivity contribution in [1.29, 1.82) is 0 Å². The molecule has 0 fully saturated rings. The van der Waals surface area contributed by atoms with Gasteiger partial charge in [-0.3, -0.25) is 0 Å². The summed E-state index contributed by atoms with van der Waals surface area (Å²) in [4.78, 5) is 4.20. The molecular weight excluding hydrogens is 237 g/mol. The first kappa shape index (κ1) is 9.97. The normalized spacial score (nSPS) is 10.4. The lowest BCUT2D eigenvalue weighted by atomic mass is 10.1. The summed E-state index contributed by atoms with van der Waals surface area (Å²) in [7, 11) is 0. The smallest absolute Gasteiger partial charge is 0.124 e. The number of rotatable bonds is 2. The molecule has 1 aromatic heterocycles. The number of halogens is 2. The largest absolute Gasteiger partial charge is 0.244 e. The van der Waals surface area contributed by atoms with Crippen molar-refractivity contribution in [2.45, 2.75) is 5.88 Å². The van der Waals surface area contributed by atoms with E-state index in [1.807, 2.05) is 23.6 Å². The summed E-state index contributed by atoms with van der Waals surface area (Å²) in [6.07, 6.45) is 1.77. The molecule has 0 amide bonds. The molecule has 2 aromatic rings. The number of thiazole rings is 1. The minimum Gasteiger partial charge on any atom is -0.244 e. The summed E-state index contributed by atoms with van der Waals surface area (Å²) in [6, 6.07) is 5.81. The van der Waals surface area contributed by atoms with Crippen LogP contribution in [0.3, 0.4) is 0 Å². The van der Waals surface area contributed by atoms with Gasteiger partial charge in [-0.25, -0.2) is 4.98 Å². The highest BCUT2D eigenvalue weighted by molar-refractivity contribution is 7.13. The van der Waals surface area contributed by atoms with Crippen molar-refractivity contribution in [3.63, 3.8) is 0 Å². The van der Waals surface area contributed by atoms with E-state index in [0.29, 0.717) is 10.9 Å². The van der Waals surface area contributed by atoms with Crippen molar-refractivity contribution in [3.05, 3.63) is 40.4 Å². The molecule has 2 rings (SSSR count). The fourth-order valence-electron chi connectivity index (χ4n) is 1.17.